The fraction of sp³-hybridized carbons (Fsp3) is 0.438. The van der Waals surface area contributed by atoms with Gasteiger partial charge in [-0.3, -0.25) is 4.79 Å². The second-order valence-electron chi connectivity index (χ2n) is 5.37. The van der Waals surface area contributed by atoms with Crippen molar-refractivity contribution < 1.29 is 14.3 Å². The summed E-state index contributed by atoms with van der Waals surface area (Å²) < 4.78 is 10.8. The molecule has 0 spiro atoms. The largest absolute Gasteiger partial charge is 0.497 e. The SMILES string of the molecule is COc1ccc2c(c1)C=C(C(=O)NCC1CCCN1)CO2.Cl. The Morgan fingerprint density at radius 1 is 1.50 bits per heavy atom. The standard InChI is InChI=1S/C16H20N2O3.ClH/c1-20-14-4-5-15-11(8-14)7-12(10-21-15)16(19)18-9-13-3-2-6-17-13;/h4-5,7-8,13,17H,2-3,6,9-10H2,1H3,(H,18,19);1H. The quantitative estimate of drug-likeness (QED) is 0.886. The van der Waals surface area contributed by atoms with E-state index >= 15 is 0 Å². The van der Waals surface area contributed by atoms with Crippen LogP contribution in [0.4, 0.5) is 0 Å². The number of hydrogen-bond donors (Lipinski definition) is 2. The van der Waals surface area contributed by atoms with Gasteiger partial charge in [0.25, 0.3) is 5.91 Å². The van der Waals surface area contributed by atoms with E-state index in [1.807, 2.05) is 24.3 Å². The Bertz CT molecular complexity index is 569. The van der Waals surface area contributed by atoms with Crippen molar-refractivity contribution in [1.82, 2.24) is 10.6 Å². The van der Waals surface area contributed by atoms with E-state index < -0.39 is 0 Å². The van der Waals surface area contributed by atoms with E-state index in [4.69, 9.17) is 9.47 Å². The molecule has 3 rings (SSSR count). The second-order valence-corrected chi connectivity index (χ2v) is 5.37. The third-order valence-electron chi connectivity index (χ3n) is 3.89. The summed E-state index contributed by atoms with van der Waals surface area (Å²) in [6, 6.07) is 5.98. The highest BCUT2D eigenvalue weighted by atomic mass is 35.5. The molecule has 1 amide bonds. The van der Waals surface area contributed by atoms with Gasteiger partial charge in [-0.25, -0.2) is 0 Å². The molecule has 0 aromatic heterocycles. The third kappa shape index (κ3) is 3.72. The first-order valence-electron chi connectivity index (χ1n) is 7.29. The summed E-state index contributed by atoms with van der Waals surface area (Å²) >= 11 is 0. The summed E-state index contributed by atoms with van der Waals surface area (Å²) in [4.78, 5) is 12.2. The predicted octanol–water partition coefficient (Wildman–Crippen LogP) is 1.76. The summed E-state index contributed by atoms with van der Waals surface area (Å²) in [5, 5.41) is 6.34. The maximum Gasteiger partial charge on any atom is 0.250 e. The van der Waals surface area contributed by atoms with Gasteiger partial charge in [0.2, 0.25) is 0 Å². The van der Waals surface area contributed by atoms with Crippen LogP contribution < -0.4 is 20.1 Å². The number of carbonyl (C=O) groups is 1. The number of carbonyl (C=O) groups excluding carboxylic acids is 1. The monoisotopic (exact) mass is 324 g/mol. The smallest absolute Gasteiger partial charge is 0.250 e. The first-order chi connectivity index (χ1) is 10.3. The minimum absolute atomic E-state index is 0. The topological polar surface area (TPSA) is 59.6 Å². The van der Waals surface area contributed by atoms with Crippen LogP contribution in [0.2, 0.25) is 0 Å². The van der Waals surface area contributed by atoms with Crippen molar-refractivity contribution in [1.29, 1.82) is 0 Å². The molecule has 0 radical (unpaired) electrons. The Morgan fingerprint density at radius 3 is 3.09 bits per heavy atom. The number of ether oxygens (including phenoxy) is 2. The molecule has 2 aliphatic heterocycles. The minimum Gasteiger partial charge on any atom is -0.497 e. The Kier molecular flexibility index (Phi) is 5.69. The van der Waals surface area contributed by atoms with Gasteiger partial charge in [0.15, 0.2) is 0 Å². The number of hydrogen-bond acceptors (Lipinski definition) is 4. The Hall–Kier alpha value is -1.72. The molecular formula is C16H21ClN2O3. The van der Waals surface area contributed by atoms with E-state index in [0.29, 0.717) is 24.8 Å². The summed E-state index contributed by atoms with van der Waals surface area (Å²) in [6.07, 6.45) is 4.17. The van der Waals surface area contributed by atoms with E-state index in [0.717, 1.165) is 30.0 Å². The van der Waals surface area contributed by atoms with Gasteiger partial charge in [-0.1, -0.05) is 0 Å². The van der Waals surface area contributed by atoms with Crippen LogP contribution in [0.1, 0.15) is 18.4 Å². The summed E-state index contributed by atoms with van der Waals surface area (Å²) in [5.74, 6) is 1.48. The molecule has 22 heavy (non-hydrogen) atoms. The predicted molar refractivity (Wildman–Crippen MR) is 87.7 cm³/mol. The molecule has 1 aromatic carbocycles. The molecule has 2 heterocycles. The zero-order valence-electron chi connectivity index (χ0n) is 12.6. The summed E-state index contributed by atoms with van der Waals surface area (Å²) in [6.45, 7) is 2.02. The molecule has 0 saturated carbocycles. The third-order valence-corrected chi connectivity index (χ3v) is 3.89. The molecular weight excluding hydrogens is 304 g/mol. The van der Waals surface area contributed by atoms with Crippen molar-refractivity contribution in [3.05, 3.63) is 29.3 Å². The van der Waals surface area contributed by atoms with Crippen molar-refractivity contribution in [2.75, 3.05) is 26.8 Å². The highest BCUT2D eigenvalue weighted by Crippen LogP contribution is 2.29. The van der Waals surface area contributed by atoms with Crippen molar-refractivity contribution in [2.24, 2.45) is 0 Å². The molecule has 1 saturated heterocycles. The van der Waals surface area contributed by atoms with Crippen LogP contribution in [0.15, 0.2) is 23.8 Å². The highest BCUT2D eigenvalue weighted by molar-refractivity contribution is 5.99. The van der Waals surface area contributed by atoms with Crippen LogP contribution in [0, 0.1) is 0 Å². The first-order valence-corrected chi connectivity index (χ1v) is 7.29. The molecule has 2 N–H and O–H groups in total. The van der Waals surface area contributed by atoms with Crippen molar-refractivity contribution >= 4 is 24.4 Å². The van der Waals surface area contributed by atoms with Crippen LogP contribution in [0.25, 0.3) is 6.08 Å². The number of halogens is 1. The minimum atomic E-state index is -0.0582. The Labute approximate surface area is 136 Å². The summed E-state index contributed by atoms with van der Waals surface area (Å²) in [7, 11) is 1.62. The molecule has 6 heteroatoms. The van der Waals surface area contributed by atoms with Gasteiger partial charge in [0.1, 0.15) is 18.1 Å². The normalized spacial score (nSPS) is 19.3. The number of methoxy groups -OCH3 is 1. The lowest BCUT2D eigenvalue weighted by molar-refractivity contribution is -0.117. The molecule has 1 atom stereocenters. The van der Waals surface area contributed by atoms with Crippen LogP contribution in [-0.4, -0.2) is 38.8 Å². The van der Waals surface area contributed by atoms with Crippen molar-refractivity contribution in [3.63, 3.8) is 0 Å². The van der Waals surface area contributed by atoms with Gasteiger partial charge in [-0.2, -0.15) is 0 Å². The molecule has 0 aliphatic carbocycles. The average molecular weight is 325 g/mol. The molecule has 120 valence electrons. The van der Waals surface area contributed by atoms with Crippen molar-refractivity contribution in [3.8, 4) is 11.5 Å². The Balaban J connectivity index is 0.00000176. The zero-order chi connectivity index (χ0) is 14.7. The highest BCUT2D eigenvalue weighted by Gasteiger charge is 2.20. The lowest BCUT2D eigenvalue weighted by Crippen LogP contribution is -2.38. The van der Waals surface area contributed by atoms with Crippen LogP contribution >= 0.6 is 12.4 Å². The number of benzene rings is 1. The zero-order valence-corrected chi connectivity index (χ0v) is 13.4. The van der Waals surface area contributed by atoms with E-state index in [-0.39, 0.29) is 18.3 Å². The van der Waals surface area contributed by atoms with Crippen LogP contribution in [0.5, 0.6) is 11.5 Å². The van der Waals surface area contributed by atoms with Gasteiger partial charge < -0.3 is 20.1 Å². The molecule has 1 unspecified atom stereocenters. The molecule has 2 aliphatic rings. The molecule has 5 nitrogen and oxygen atoms in total. The maximum atomic E-state index is 12.2. The Morgan fingerprint density at radius 2 is 2.36 bits per heavy atom. The fourth-order valence-corrected chi connectivity index (χ4v) is 2.67. The van der Waals surface area contributed by atoms with Crippen LogP contribution in [0.3, 0.4) is 0 Å². The van der Waals surface area contributed by atoms with E-state index in [1.165, 1.54) is 6.42 Å². The van der Waals surface area contributed by atoms with E-state index in [1.54, 1.807) is 7.11 Å². The lowest BCUT2D eigenvalue weighted by atomic mass is 10.1. The van der Waals surface area contributed by atoms with Gasteiger partial charge in [-0.15, -0.1) is 12.4 Å². The molecule has 1 fully saturated rings. The second kappa shape index (κ2) is 7.51. The van der Waals surface area contributed by atoms with Gasteiger partial charge in [0.05, 0.1) is 12.7 Å². The number of amides is 1. The van der Waals surface area contributed by atoms with Crippen molar-refractivity contribution in [2.45, 2.75) is 18.9 Å². The number of rotatable bonds is 4. The summed E-state index contributed by atoms with van der Waals surface area (Å²) in [5.41, 5.74) is 1.53. The first kappa shape index (κ1) is 16.6. The maximum absolute atomic E-state index is 12.2. The van der Waals surface area contributed by atoms with Crippen LogP contribution in [-0.2, 0) is 4.79 Å². The van der Waals surface area contributed by atoms with Gasteiger partial charge >= 0.3 is 0 Å². The fourth-order valence-electron chi connectivity index (χ4n) is 2.67. The average Bonchev–Trinajstić information content (AvgIpc) is 3.04. The van der Waals surface area contributed by atoms with Gasteiger partial charge in [-0.05, 0) is 43.7 Å². The number of fused-ring (bicyclic) bond motifs is 1. The van der Waals surface area contributed by atoms with E-state index in [9.17, 15) is 4.79 Å². The lowest BCUT2D eigenvalue weighted by Gasteiger charge is -2.19. The number of nitrogens with one attached hydrogen (secondary N) is 2. The van der Waals surface area contributed by atoms with Gasteiger partial charge in [0, 0.05) is 18.2 Å². The molecule has 1 aromatic rings. The molecule has 0 bridgehead atoms. The van der Waals surface area contributed by atoms with E-state index in [2.05, 4.69) is 10.6 Å².